The molecule has 0 radical (unpaired) electrons. The molecule has 2 aromatic carbocycles. The quantitative estimate of drug-likeness (QED) is 0.426. The number of amides is 1. The van der Waals surface area contributed by atoms with E-state index >= 15 is 0 Å². The van der Waals surface area contributed by atoms with Gasteiger partial charge in [0.25, 0.3) is 0 Å². The molecule has 0 saturated heterocycles. The maximum Gasteiger partial charge on any atom is 0.316 e. The number of nitrogens with zero attached hydrogens (tertiary/aromatic N) is 2. The van der Waals surface area contributed by atoms with Gasteiger partial charge in [0.2, 0.25) is 5.82 Å². The number of rotatable bonds is 5. The summed E-state index contributed by atoms with van der Waals surface area (Å²) < 4.78 is 18.6. The van der Waals surface area contributed by atoms with E-state index in [0.29, 0.717) is 18.8 Å². The summed E-state index contributed by atoms with van der Waals surface area (Å²) in [5.41, 5.74) is 3.51. The summed E-state index contributed by atoms with van der Waals surface area (Å²) in [7, 11) is 0. The second-order valence-corrected chi connectivity index (χ2v) is 6.68. The van der Waals surface area contributed by atoms with Crippen LogP contribution in [-0.4, -0.2) is 32.6 Å². The molecule has 0 fully saturated rings. The number of carbonyl (C=O) groups excluding carboxylic acids is 1. The fraction of sp³-hybridized carbons (Fsp3) is 0.0952. The van der Waals surface area contributed by atoms with E-state index < -0.39 is 5.91 Å². The number of hydrogen-bond donors (Lipinski definition) is 3. The maximum atomic E-state index is 13.5. The Labute approximate surface area is 163 Å². The van der Waals surface area contributed by atoms with Gasteiger partial charge in [-0.2, -0.15) is 4.98 Å². The van der Waals surface area contributed by atoms with Crippen molar-refractivity contribution in [1.82, 2.24) is 25.4 Å². The van der Waals surface area contributed by atoms with Crippen molar-refractivity contribution in [2.24, 2.45) is 0 Å². The first-order chi connectivity index (χ1) is 14.2. The highest BCUT2D eigenvalue weighted by molar-refractivity contribution is 5.94. The Kier molecular flexibility index (Phi) is 4.09. The molecule has 0 aliphatic heterocycles. The molecule has 0 aliphatic carbocycles. The Morgan fingerprint density at radius 2 is 2.00 bits per heavy atom. The molecule has 0 aliphatic rings. The monoisotopic (exact) mass is 389 g/mol. The Hall–Kier alpha value is -3.94. The topological polar surface area (TPSA) is 99.6 Å². The lowest BCUT2D eigenvalue weighted by Gasteiger charge is -2.02. The van der Waals surface area contributed by atoms with E-state index in [9.17, 15) is 9.18 Å². The number of fused-ring (bicyclic) bond motifs is 2. The highest BCUT2D eigenvalue weighted by Gasteiger charge is 2.17. The Morgan fingerprint density at radius 1 is 1.10 bits per heavy atom. The van der Waals surface area contributed by atoms with Gasteiger partial charge in [0.05, 0.1) is 0 Å². The third kappa shape index (κ3) is 3.14. The van der Waals surface area contributed by atoms with Crippen LogP contribution in [0.2, 0.25) is 0 Å². The van der Waals surface area contributed by atoms with Crippen LogP contribution in [-0.2, 0) is 6.42 Å². The summed E-state index contributed by atoms with van der Waals surface area (Å²) in [5, 5.41) is 8.46. The number of carbonyl (C=O) groups is 1. The van der Waals surface area contributed by atoms with Crippen LogP contribution < -0.4 is 5.32 Å². The van der Waals surface area contributed by atoms with Crippen LogP contribution in [0.4, 0.5) is 4.39 Å². The third-order valence-corrected chi connectivity index (χ3v) is 4.87. The second-order valence-electron chi connectivity index (χ2n) is 6.68. The van der Waals surface area contributed by atoms with Crippen LogP contribution in [0.1, 0.15) is 16.2 Å². The minimum absolute atomic E-state index is 0.0995. The molecule has 1 amide bonds. The van der Waals surface area contributed by atoms with Gasteiger partial charge in [-0.15, -0.1) is 0 Å². The van der Waals surface area contributed by atoms with E-state index in [-0.39, 0.29) is 11.7 Å². The lowest BCUT2D eigenvalue weighted by molar-refractivity contribution is 0.0910. The Morgan fingerprint density at radius 3 is 2.93 bits per heavy atom. The fourth-order valence-electron chi connectivity index (χ4n) is 3.45. The Bertz CT molecular complexity index is 1330. The number of hydrogen-bond acceptors (Lipinski definition) is 4. The van der Waals surface area contributed by atoms with Crippen LogP contribution in [0.5, 0.6) is 0 Å². The zero-order valence-electron chi connectivity index (χ0n) is 15.2. The number of aromatic nitrogens is 4. The third-order valence-electron chi connectivity index (χ3n) is 4.87. The number of halogens is 1. The lowest BCUT2D eigenvalue weighted by atomic mass is 10.1. The molecule has 7 nitrogen and oxygen atoms in total. The van der Waals surface area contributed by atoms with Crippen LogP contribution in [0.15, 0.2) is 59.4 Å². The number of aromatic amines is 2. The molecule has 3 aromatic heterocycles. The molecular weight excluding hydrogens is 373 g/mol. The van der Waals surface area contributed by atoms with Crippen molar-refractivity contribution < 1.29 is 13.7 Å². The van der Waals surface area contributed by atoms with E-state index in [1.165, 1.54) is 12.1 Å². The van der Waals surface area contributed by atoms with Crippen molar-refractivity contribution in [1.29, 1.82) is 0 Å². The van der Waals surface area contributed by atoms with E-state index in [0.717, 1.165) is 32.9 Å². The minimum atomic E-state index is -0.448. The SMILES string of the molecule is O=C(NCCc1c[nH]c2ccc(F)cc12)c1nc(-c2cccc3[nH]ccc23)no1. The maximum absolute atomic E-state index is 13.5. The summed E-state index contributed by atoms with van der Waals surface area (Å²) in [4.78, 5) is 22.8. The minimum Gasteiger partial charge on any atom is -0.361 e. The number of nitrogens with one attached hydrogen (secondary N) is 3. The highest BCUT2D eigenvalue weighted by Crippen LogP contribution is 2.26. The van der Waals surface area contributed by atoms with Crippen molar-refractivity contribution in [2.45, 2.75) is 6.42 Å². The summed E-state index contributed by atoms with van der Waals surface area (Å²) in [5.74, 6) is -0.487. The predicted molar refractivity (Wildman–Crippen MR) is 106 cm³/mol. The van der Waals surface area contributed by atoms with Gasteiger partial charge in [-0.1, -0.05) is 17.3 Å². The zero-order valence-corrected chi connectivity index (χ0v) is 15.2. The molecule has 29 heavy (non-hydrogen) atoms. The molecule has 0 bridgehead atoms. The van der Waals surface area contributed by atoms with E-state index in [2.05, 4.69) is 25.4 Å². The molecule has 0 saturated carbocycles. The molecule has 3 heterocycles. The van der Waals surface area contributed by atoms with Gasteiger partial charge in [-0.25, -0.2) is 4.39 Å². The van der Waals surface area contributed by atoms with E-state index in [1.807, 2.05) is 36.7 Å². The first kappa shape index (κ1) is 17.2. The van der Waals surface area contributed by atoms with Gasteiger partial charge in [-0.3, -0.25) is 4.79 Å². The first-order valence-corrected chi connectivity index (χ1v) is 9.13. The first-order valence-electron chi connectivity index (χ1n) is 9.13. The fourth-order valence-corrected chi connectivity index (χ4v) is 3.45. The van der Waals surface area contributed by atoms with Crippen LogP contribution in [0.25, 0.3) is 33.2 Å². The van der Waals surface area contributed by atoms with Crippen molar-refractivity contribution in [2.75, 3.05) is 6.54 Å². The standard InChI is InChI=1S/C21H16FN5O2/c22-13-4-5-18-16(10-13)12(11-25-18)6-8-24-20(28)21-26-19(27-29-21)15-2-1-3-17-14(15)7-9-23-17/h1-5,7,9-11,23,25H,6,8H2,(H,24,28). The van der Waals surface area contributed by atoms with Gasteiger partial charge in [-0.05, 0) is 42.3 Å². The summed E-state index contributed by atoms with van der Waals surface area (Å²) in [6, 6.07) is 12.2. The molecule has 5 rings (SSSR count). The van der Waals surface area contributed by atoms with Crippen molar-refractivity contribution >= 4 is 27.7 Å². The van der Waals surface area contributed by atoms with Gasteiger partial charge in [0, 0.05) is 46.3 Å². The van der Waals surface area contributed by atoms with Crippen LogP contribution >= 0.6 is 0 Å². The normalized spacial score (nSPS) is 11.3. The average molecular weight is 389 g/mol. The van der Waals surface area contributed by atoms with Gasteiger partial charge in [0.1, 0.15) is 5.82 Å². The van der Waals surface area contributed by atoms with Gasteiger partial charge < -0.3 is 19.8 Å². The number of H-pyrrole nitrogens is 2. The summed E-state index contributed by atoms with van der Waals surface area (Å²) >= 11 is 0. The van der Waals surface area contributed by atoms with Gasteiger partial charge in [0.15, 0.2) is 0 Å². The van der Waals surface area contributed by atoms with E-state index in [4.69, 9.17) is 4.52 Å². The highest BCUT2D eigenvalue weighted by atomic mass is 19.1. The molecule has 0 unspecified atom stereocenters. The van der Waals surface area contributed by atoms with Crippen molar-refractivity contribution in [3.8, 4) is 11.4 Å². The van der Waals surface area contributed by atoms with Crippen molar-refractivity contribution in [3.05, 3.63) is 72.1 Å². The molecule has 0 spiro atoms. The number of benzene rings is 2. The van der Waals surface area contributed by atoms with Gasteiger partial charge >= 0.3 is 11.8 Å². The lowest BCUT2D eigenvalue weighted by Crippen LogP contribution is -2.25. The van der Waals surface area contributed by atoms with E-state index in [1.54, 1.807) is 6.07 Å². The average Bonchev–Trinajstić information content (AvgIpc) is 3.47. The van der Waals surface area contributed by atoms with Crippen LogP contribution in [0.3, 0.4) is 0 Å². The molecular formula is C21H16FN5O2. The molecule has 144 valence electrons. The van der Waals surface area contributed by atoms with Crippen LogP contribution in [0, 0.1) is 5.82 Å². The smallest absolute Gasteiger partial charge is 0.316 e. The Balaban J connectivity index is 1.28. The molecule has 5 aromatic rings. The largest absolute Gasteiger partial charge is 0.361 e. The molecule has 0 atom stereocenters. The summed E-state index contributed by atoms with van der Waals surface area (Å²) in [6.45, 7) is 0.355. The zero-order chi connectivity index (χ0) is 19.8. The molecule has 3 N–H and O–H groups in total. The predicted octanol–water partition coefficient (Wildman–Crippen LogP) is 3.81. The van der Waals surface area contributed by atoms with Crippen molar-refractivity contribution in [3.63, 3.8) is 0 Å². The summed E-state index contributed by atoms with van der Waals surface area (Å²) in [6.07, 6.45) is 4.19. The second kappa shape index (κ2) is 6.90. The molecule has 8 heteroatoms.